The molecule has 0 aliphatic heterocycles. The summed E-state index contributed by atoms with van der Waals surface area (Å²) in [6, 6.07) is 11.9. The maximum atomic E-state index is 14.0. The Bertz CT molecular complexity index is 993. The van der Waals surface area contributed by atoms with Gasteiger partial charge in [0.05, 0.1) is 24.1 Å². The highest BCUT2D eigenvalue weighted by Gasteiger charge is 2.20. The van der Waals surface area contributed by atoms with Crippen LogP contribution in [0.25, 0.3) is 0 Å². The van der Waals surface area contributed by atoms with Gasteiger partial charge >= 0.3 is 5.97 Å². The smallest absolute Gasteiger partial charge is 0.338 e. The first-order valence-electron chi connectivity index (χ1n) is 10.0. The van der Waals surface area contributed by atoms with E-state index >= 15 is 0 Å². The first-order chi connectivity index (χ1) is 14.7. The third-order valence-electron chi connectivity index (χ3n) is 4.42. The molecule has 0 aromatic heterocycles. The van der Waals surface area contributed by atoms with E-state index in [2.05, 4.69) is 5.32 Å². The lowest BCUT2D eigenvalue weighted by Crippen LogP contribution is -2.32. The number of carbonyl (C=O) groups excluding carboxylic acids is 2. The van der Waals surface area contributed by atoms with Crippen molar-refractivity contribution in [1.29, 1.82) is 0 Å². The Morgan fingerprint density at radius 3 is 2.35 bits per heavy atom. The molecule has 0 unspecified atom stereocenters. The van der Waals surface area contributed by atoms with Crippen molar-refractivity contribution in [1.82, 2.24) is 0 Å². The maximum Gasteiger partial charge on any atom is 0.338 e. The molecule has 31 heavy (non-hydrogen) atoms. The number of hydrogen-bond acceptors (Lipinski definition) is 5. The minimum atomic E-state index is -3.70. The highest BCUT2D eigenvalue weighted by molar-refractivity contribution is 7.92. The molecule has 9 heteroatoms. The average molecular weight is 451 g/mol. The van der Waals surface area contributed by atoms with Gasteiger partial charge in [0.2, 0.25) is 15.9 Å². The lowest BCUT2D eigenvalue weighted by Gasteiger charge is -2.22. The summed E-state index contributed by atoms with van der Waals surface area (Å²) >= 11 is 0. The largest absolute Gasteiger partial charge is 0.462 e. The Morgan fingerprint density at radius 2 is 1.74 bits per heavy atom. The Hall–Kier alpha value is -2.94. The number of hydrogen-bond donors (Lipinski definition) is 1. The molecule has 2 aromatic carbocycles. The molecule has 1 amide bonds. The molecule has 2 rings (SSSR count). The van der Waals surface area contributed by atoms with Crippen LogP contribution in [0, 0.1) is 5.82 Å². The van der Waals surface area contributed by atoms with E-state index < -0.39 is 21.8 Å². The van der Waals surface area contributed by atoms with Crippen LogP contribution in [0.4, 0.5) is 15.8 Å². The summed E-state index contributed by atoms with van der Waals surface area (Å²) < 4.78 is 44.2. The second-order valence-electron chi connectivity index (χ2n) is 7.01. The van der Waals surface area contributed by atoms with Gasteiger partial charge in [-0.15, -0.1) is 0 Å². The van der Waals surface area contributed by atoms with E-state index in [9.17, 15) is 22.4 Å². The number of nitrogens with zero attached hydrogens (tertiary/aromatic N) is 1. The highest BCUT2D eigenvalue weighted by atomic mass is 32.2. The van der Waals surface area contributed by atoms with Gasteiger partial charge < -0.3 is 10.1 Å². The van der Waals surface area contributed by atoms with Crippen molar-refractivity contribution in [3.8, 4) is 0 Å². The van der Waals surface area contributed by atoms with E-state index in [1.54, 1.807) is 30.3 Å². The molecule has 0 atom stereocenters. The van der Waals surface area contributed by atoms with Gasteiger partial charge in [-0.05, 0) is 49.2 Å². The van der Waals surface area contributed by atoms with Gasteiger partial charge in [-0.1, -0.05) is 25.5 Å². The summed E-state index contributed by atoms with van der Waals surface area (Å²) in [5.74, 6) is -1.38. The second-order valence-corrected chi connectivity index (χ2v) is 8.91. The summed E-state index contributed by atoms with van der Waals surface area (Å²) in [4.78, 5) is 24.1. The van der Waals surface area contributed by atoms with Gasteiger partial charge in [-0.25, -0.2) is 17.6 Å². The molecule has 0 aliphatic carbocycles. The molecule has 0 spiro atoms. The summed E-state index contributed by atoms with van der Waals surface area (Å²) in [5.41, 5.74) is 0.846. The predicted molar refractivity (Wildman–Crippen MR) is 118 cm³/mol. The molecular formula is C22H27FN2O5S. The third-order valence-corrected chi connectivity index (χ3v) is 5.60. The Balaban J connectivity index is 1.88. The minimum Gasteiger partial charge on any atom is -0.462 e. The van der Waals surface area contributed by atoms with Crippen LogP contribution in [-0.2, 0) is 19.6 Å². The fourth-order valence-electron chi connectivity index (χ4n) is 2.81. The van der Waals surface area contributed by atoms with E-state index in [1.165, 1.54) is 18.2 Å². The number of unbranched alkanes of at least 4 members (excludes halogenated alkanes) is 1. The molecule has 0 saturated carbocycles. The van der Waals surface area contributed by atoms with Crippen molar-refractivity contribution in [2.24, 2.45) is 0 Å². The van der Waals surface area contributed by atoms with Gasteiger partial charge in [-0.3, -0.25) is 9.10 Å². The van der Waals surface area contributed by atoms with Crippen LogP contribution in [-0.4, -0.2) is 39.7 Å². The predicted octanol–water partition coefficient (Wildman–Crippen LogP) is 3.97. The van der Waals surface area contributed by atoms with Crippen molar-refractivity contribution in [2.45, 2.75) is 32.6 Å². The van der Waals surface area contributed by atoms with Crippen LogP contribution in [0.5, 0.6) is 0 Å². The Kier molecular flexibility index (Phi) is 8.99. The number of esters is 1. The summed E-state index contributed by atoms with van der Waals surface area (Å²) in [5, 5.41) is 2.69. The molecule has 0 aliphatic rings. The van der Waals surface area contributed by atoms with Crippen molar-refractivity contribution in [3.05, 3.63) is 59.9 Å². The quantitative estimate of drug-likeness (QED) is 0.413. The first kappa shape index (κ1) is 24.3. The van der Waals surface area contributed by atoms with E-state index in [4.69, 9.17) is 4.74 Å². The van der Waals surface area contributed by atoms with Crippen LogP contribution in [0.2, 0.25) is 0 Å². The molecule has 0 heterocycles. The Labute approximate surface area is 182 Å². The molecule has 0 saturated heterocycles. The molecule has 0 bridgehead atoms. The summed E-state index contributed by atoms with van der Waals surface area (Å²) in [7, 11) is -3.70. The topological polar surface area (TPSA) is 92.8 Å². The standard InChI is InChI=1S/C22H27FN2O5S/c1-3-4-16-30-22(27)17-11-13-18(14-12-17)24-21(26)10-7-15-25(31(2,28)29)20-9-6-5-8-19(20)23/h5-6,8-9,11-14H,3-4,7,10,15-16H2,1-2H3,(H,24,26). The molecular weight excluding hydrogens is 423 g/mol. The molecule has 2 aromatic rings. The van der Waals surface area contributed by atoms with Crippen LogP contribution >= 0.6 is 0 Å². The van der Waals surface area contributed by atoms with E-state index in [-0.39, 0.29) is 31.0 Å². The monoisotopic (exact) mass is 450 g/mol. The second kappa shape index (κ2) is 11.5. The SMILES string of the molecule is CCCCOC(=O)c1ccc(NC(=O)CCCN(c2ccccc2F)S(C)(=O)=O)cc1. The van der Waals surface area contributed by atoms with Crippen molar-refractivity contribution < 1.29 is 27.1 Å². The zero-order valence-corrected chi connectivity index (χ0v) is 18.5. The maximum absolute atomic E-state index is 14.0. The van der Waals surface area contributed by atoms with Crippen LogP contribution < -0.4 is 9.62 Å². The van der Waals surface area contributed by atoms with Crippen LogP contribution in [0.15, 0.2) is 48.5 Å². The van der Waals surface area contributed by atoms with Crippen molar-refractivity contribution in [3.63, 3.8) is 0 Å². The number of ether oxygens (including phenoxy) is 1. The van der Waals surface area contributed by atoms with Gasteiger partial charge in [0.1, 0.15) is 5.82 Å². The fourth-order valence-corrected chi connectivity index (χ4v) is 3.77. The van der Waals surface area contributed by atoms with Gasteiger partial charge in [-0.2, -0.15) is 0 Å². The molecule has 7 nitrogen and oxygen atoms in total. The van der Waals surface area contributed by atoms with Crippen molar-refractivity contribution >= 4 is 33.3 Å². The highest BCUT2D eigenvalue weighted by Crippen LogP contribution is 2.22. The van der Waals surface area contributed by atoms with Crippen LogP contribution in [0.3, 0.4) is 0 Å². The van der Waals surface area contributed by atoms with E-state index in [0.29, 0.717) is 17.9 Å². The van der Waals surface area contributed by atoms with Gasteiger partial charge in [0.25, 0.3) is 0 Å². The number of benzene rings is 2. The number of anilines is 2. The minimum absolute atomic E-state index is 0.0320. The van der Waals surface area contributed by atoms with Crippen LogP contribution in [0.1, 0.15) is 43.0 Å². The normalized spacial score (nSPS) is 11.1. The lowest BCUT2D eigenvalue weighted by atomic mass is 10.2. The average Bonchev–Trinajstić information content (AvgIpc) is 2.72. The number of sulfonamides is 1. The number of halogens is 1. The first-order valence-corrected chi connectivity index (χ1v) is 11.9. The van der Waals surface area contributed by atoms with E-state index in [0.717, 1.165) is 23.4 Å². The number of amides is 1. The van der Waals surface area contributed by atoms with Gasteiger partial charge in [0.15, 0.2) is 0 Å². The van der Waals surface area contributed by atoms with Gasteiger partial charge in [0, 0.05) is 18.7 Å². The molecule has 168 valence electrons. The molecule has 0 fully saturated rings. The third kappa shape index (κ3) is 7.67. The van der Waals surface area contributed by atoms with Crippen molar-refractivity contribution in [2.75, 3.05) is 29.0 Å². The zero-order chi connectivity index (χ0) is 22.9. The molecule has 1 N–H and O–H groups in total. The zero-order valence-electron chi connectivity index (χ0n) is 17.6. The fraction of sp³-hybridized carbons (Fsp3) is 0.364. The number of para-hydroxylation sites is 1. The summed E-state index contributed by atoms with van der Waals surface area (Å²) in [6.07, 6.45) is 2.97. The number of rotatable bonds is 11. The number of carbonyl (C=O) groups is 2. The van der Waals surface area contributed by atoms with E-state index in [1.807, 2.05) is 6.92 Å². The lowest BCUT2D eigenvalue weighted by molar-refractivity contribution is -0.116. The molecule has 0 radical (unpaired) electrons. The Morgan fingerprint density at radius 1 is 1.06 bits per heavy atom. The number of nitrogens with one attached hydrogen (secondary N) is 1. The summed E-state index contributed by atoms with van der Waals surface area (Å²) in [6.45, 7) is 2.34.